The van der Waals surface area contributed by atoms with Crippen molar-refractivity contribution in [3.05, 3.63) is 0 Å². The molecule has 3 nitrogen and oxygen atoms in total. The molecule has 0 aromatic heterocycles. The lowest BCUT2D eigenvalue weighted by atomic mass is 9.88. The van der Waals surface area contributed by atoms with Crippen molar-refractivity contribution in [1.29, 1.82) is 0 Å². The SMILES string of the molecule is O=C(NCCCC1CC1)C1CC2CCC1N2. The molecule has 1 amide bonds. The molecule has 3 unspecified atom stereocenters. The maximum Gasteiger partial charge on any atom is 0.224 e. The average molecular weight is 222 g/mol. The maximum absolute atomic E-state index is 11.9. The molecule has 2 bridgehead atoms. The van der Waals surface area contributed by atoms with Gasteiger partial charge in [0.25, 0.3) is 0 Å². The van der Waals surface area contributed by atoms with E-state index in [-0.39, 0.29) is 5.92 Å². The summed E-state index contributed by atoms with van der Waals surface area (Å²) in [5.74, 6) is 1.55. The van der Waals surface area contributed by atoms with Crippen molar-refractivity contribution in [3.63, 3.8) is 0 Å². The van der Waals surface area contributed by atoms with Gasteiger partial charge in [0.15, 0.2) is 0 Å². The molecule has 3 aliphatic rings. The minimum Gasteiger partial charge on any atom is -0.356 e. The molecule has 3 fully saturated rings. The summed E-state index contributed by atoms with van der Waals surface area (Å²) in [6.45, 7) is 0.892. The number of carbonyl (C=O) groups excluding carboxylic acids is 1. The van der Waals surface area contributed by atoms with Crippen LogP contribution in [-0.2, 0) is 4.79 Å². The molecular formula is C13H22N2O. The van der Waals surface area contributed by atoms with Crippen LogP contribution in [0.5, 0.6) is 0 Å². The Morgan fingerprint density at radius 1 is 1.25 bits per heavy atom. The standard InChI is InChI=1S/C13H22N2O/c16-13(14-7-1-2-9-3-4-9)11-8-10-5-6-12(11)15-10/h9-12,15H,1-8H2,(H,14,16). The van der Waals surface area contributed by atoms with E-state index in [0.29, 0.717) is 18.0 Å². The van der Waals surface area contributed by atoms with Crippen molar-refractivity contribution in [3.8, 4) is 0 Å². The highest BCUT2D eigenvalue weighted by Crippen LogP contribution is 2.34. The highest BCUT2D eigenvalue weighted by atomic mass is 16.1. The highest BCUT2D eigenvalue weighted by molar-refractivity contribution is 5.80. The van der Waals surface area contributed by atoms with Crippen molar-refractivity contribution >= 4 is 5.91 Å². The molecule has 16 heavy (non-hydrogen) atoms. The number of rotatable bonds is 5. The largest absolute Gasteiger partial charge is 0.356 e. The smallest absolute Gasteiger partial charge is 0.224 e. The summed E-state index contributed by atoms with van der Waals surface area (Å²) in [7, 11) is 0. The van der Waals surface area contributed by atoms with Crippen molar-refractivity contribution in [2.75, 3.05) is 6.54 Å². The van der Waals surface area contributed by atoms with Crippen LogP contribution in [0.3, 0.4) is 0 Å². The fourth-order valence-electron chi connectivity index (χ4n) is 3.25. The summed E-state index contributed by atoms with van der Waals surface area (Å²) in [4.78, 5) is 11.9. The van der Waals surface area contributed by atoms with Gasteiger partial charge in [-0.2, -0.15) is 0 Å². The molecule has 2 aliphatic heterocycles. The Hall–Kier alpha value is -0.570. The van der Waals surface area contributed by atoms with E-state index >= 15 is 0 Å². The van der Waals surface area contributed by atoms with Crippen LogP contribution in [0.25, 0.3) is 0 Å². The zero-order chi connectivity index (χ0) is 11.0. The number of amides is 1. The Kier molecular flexibility index (Phi) is 2.88. The van der Waals surface area contributed by atoms with Crippen LogP contribution < -0.4 is 10.6 Å². The molecule has 3 rings (SSSR count). The Bertz CT molecular complexity index is 275. The summed E-state index contributed by atoms with van der Waals surface area (Å²) in [6.07, 6.45) is 8.87. The minimum atomic E-state index is 0.264. The monoisotopic (exact) mass is 222 g/mol. The van der Waals surface area contributed by atoms with Crippen molar-refractivity contribution in [2.45, 2.75) is 57.0 Å². The van der Waals surface area contributed by atoms with Crippen molar-refractivity contribution in [1.82, 2.24) is 10.6 Å². The number of fused-ring (bicyclic) bond motifs is 2. The predicted molar refractivity (Wildman–Crippen MR) is 63.0 cm³/mol. The number of hydrogen-bond acceptors (Lipinski definition) is 2. The van der Waals surface area contributed by atoms with E-state index in [1.807, 2.05) is 0 Å². The fraction of sp³-hybridized carbons (Fsp3) is 0.923. The van der Waals surface area contributed by atoms with Gasteiger partial charge >= 0.3 is 0 Å². The zero-order valence-corrected chi connectivity index (χ0v) is 9.87. The summed E-state index contributed by atoms with van der Waals surface area (Å²) >= 11 is 0. The van der Waals surface area contributed by atoms with E-state index in [1.54, 1.807) is 0 Å². The molecule has 0 aromatic carbocycles. The third-order valence-electron chi connectivity index (χ3n) is 4.42. The molecule has 2 N–H and O–H groups in total. The Labute approximate surface area is 97.4 Å². The van der Waals surface area contributed by atoms with E-state index < -0.39 is 0 Å². The summed E-state index contributed by atoms with van der Waals surface area (Å²) in [6, 6.07) is 1.11. The van der Waals surface area contributed by atoms with Gasteiger partial charge in [0, 0.05) is 18.6 Å². The molecule has 2 saturated heterocycles. The fourth-order valence-corrected chi connectivity index (χ4v) is 3.25. The average Bonchev–Trinajstić information content (AvgIpc) is 2.87. The van der Waals surface area contributed by atoms with Crippen LogP contribution >= 0.6 is 0 Å². The molecule has 2 heterocycles. The van der Waals surface area contributed by atoms with Crippen LogP contribution in [-0.4, -0.2) is 24.5 Å². The highest BCUT2D eigenvalue weighted by Gasteiger charge is 2.42. The van der Waals surface area contributed by atoms with Gasteiger partial charge < -0.3 is 10.6 Å². The number of carbonyl (C=O) groups is 1. The first-order valence-electron chi connectivity index (χ1n) is 6.86. The second-order valence-electron chi connectivity index (χ2n) is 5.77. The third-order valence-corrected chi connectivity index (χ3v) is 4.42. The number of hydrogen-bond donors (Lipinski definition) is 2. The Balaban J connectivity index is 1.36. The lowest BCUT2D eigenvalue weighted by molar-refractivity contribution is -0.125. The molecule has 0 spiro atoms. The van der Waals surface area contributed by atoms with Crippen LogP contribution in [0.4, 0.5) is 0 Å². The maximum atomic E-state index is 11.9. The van der Waals surface area contributed by atoms with Gasteiger partial charge in [-0.25, -0.2) is 0 Å². The van der Waals surface area contributed by atoms with Crippen LogP contribution in [0.2, 0.25) is 0 Å². The van der Waals surface area contributed by atoms with E-state index in [1.165, 1.54) is 38.5 Å². The van der Waals surface area contributed by atoms with Gasteiger partial charge in [-0.1, -0.05) is 12.8 Å². The molecular weight excluding hydrogens is 200 g/mol. The Morgan fingerprint density at radius 3 is 2.75 bits per heavy atom. The molecule has 0 aromatic rings. The summed E-state index contributed by atoms with van der Waals surface area (Å²) < 4.78 is 0. The van der Waals surface area contributed by atoms with Gasteiger partial charge in [-0.15, -0.1) is 0 Å². The first-order valence-corrected chi connectivity index (χ1v) is 6.86. The van der Waals surface area contributed by atoms with Gasteiger partial charge in [0.05, 0.1) is 5.92 Å². The van der Waals surface area contributed by atoms with Crippen LogP contribution in [0.1, 0.15) is 44.9 Å². The second-order valence-corrected chi connectivity index (χ2v) is 5.77. The lowest BCUT2D eigenvalue weighted by Gasteiger charge is -2.19. The summed E-state index contributed by atoms with van der Waals surface area (Å²) in [5, 5.41) is 6.63. The zero-order valence-electron chi connectivity index (χ0n) is 9.87. The van der Waals surface area contributed by atoms with Gasteiger partial charge in [0.2, 0.25) is 5.91 Å². The first-order chi connectivity index (χ1) is 7.83. The predicted octanol–water partition coefficient (Wildman–Crippen LogP) is 1.43. The third kappa shape index (κ3) is 2.24. The van der Waals surface area contributed by atoms with E-state index in [4.69, 9.17) is 0 Å². The topological polar surface area (TPSA) is 41.1 Å². The van der Waals surface area contributed by atoms with Crippen LogP contribution in [0, 0.1) is 11.8 Å². The van der Waals surface area contributed by atoms with Gasteiger partial charge in [-0.3, -0.25) is 4.79 Å². The van der Waals surface area contributed by atoms with E-state index in [0.717, 1.165) is 18.9 Å². The minimum absolute atomic E-state index is 0.264. The molecule has 1 aliphatic carbocycles. The van der Waals surface area contributed by atoms with Gasteiger partial charge in [0.1, 0.15) is 0 Å². The second kappa shape index (κ2) is 4.36. The number of nitrogens with one attached hydrogen (secondary N) is 2. The van der Waals surface area contributed by atoms with Crippen molar-refractivity contribution < 1.29 is 4.79 Å². The van der Waals surface area contributed by atoms with E-state index in [9.17, 15) is 4.79 Å². The molecule has 1 saturated carbocycles. The summed E-state index contributed by atoms with van der Waals surface area (Å²) in [5.41, 5.74) is 0. The molecule has 3 heteroatoms. The van der Waals surface area contributed by atoms with Crippen LogP contribution in [0.15, 0.2) is 0 Å². The quantitative estimate of drug-likeness (QED) is 0.691. The molecule has 3 atom stereocenters. The molecule has 0 radical (unpaired) electrons. The Morgan fingerprint density at radius 2 is 2.12 bits per heavy atom. The van der Waals surface area contributed by atoms with Gasteiger partial charge in [-0.05, 0) is 38.0 Å². The lowest BCUT2D eigenvalue weighted by Crippen LogP contribution is -2.37. The van der Waals surface area contributed by atoms with Crippen molar-refractivity contribution in [2.24, 2.45) is 11.8 Å². The first kappa shape index (κ1) is 10.6. The van der Waals surface area contributed by atoms with E-state index in [2.05, 4.69) is 10.6 Å². The molecule has 90 valence electrons. The normalized spacial score (nSPS) is 36.6.